The Kier molecular flexibility index (Phi) is 5.39. The third kappa shape index (κ3) is 4.81. The second-order valence-corrected chi connectivity index (χ2v) is 6.11. The number of carbonyl (C=O) groups is 1. The minimum absolute atomic E-state index is 0.199. The van der Waals surface area contributed by atoms with Gasteiger partial charge in [0.2, 0.25) is 5.91 Å². The van der Waals surface area contributed by atoms with Crippen LogP contribution in [0, 0.1) is 0 Å². The summed E-state index contributed by atoms with van der Waals surface area (Å²) in [7, 11) is 0. The Bertz CT molecular complexity index is 931. The molecule has 0 radical (unpaired) electrons. The van der Waals surface area contributed by atoms with Crippen LogP contribution in [0.2, 0.25) is 0 Å². The molecule has 4 nitrogen and oxygen atoms in total. The highest BCUT2D eigenvalue weighted by atomic mass is 19.4. The van der Waals surface area contributed by atoms with E-state index in [-0.39, 0.29) is 12.3 Å². The van der Waals surface area contributed by atoms with E-state index in [1.807, 2.05) is 31.2 Å². The van der Waals surface area contributed by atoms with Gasteiger partial charge in [-0.15, -0.1) is 0 Å². The first-order chi connectivity index (χ1) is 12.8. The van der Waals surface area contributed by atoms with E-state index in [1.54, 1.807) is 6.07 Å². The quantitative estimate of drug-likeness (QED) is 0.625. The predicted molar refractivity (Wildman–Crippen MR) is 97.9 cm³/mol. The minimum atomic E-state index is -4.43. The lowest BCUT2D eigenvalue weighted by atomic mass is 10.1. The van der Waals surface area contributed by atoms with Gasteiger partial charge in [-0.3, -0.25) is 4.79 Å². The fourth-order valence-electron chi connectivity index (χ4n) is 2.76. The van der Waals surface area contributed by atoms with Gasteiger partial charge < -0.3 is 15.0 Å². The largest absolute Gasteiger partial charge is 0.494 e. The molecular formula is C20H19F3N2O2. The van der Waals surface area contributed by atoms with Crippen LogP contribution in [-0.2, 0) is 17.4 Å². The second kappa shape index (κ2) is 7.73. The average molecular weight is 376 g/mol. The fourth-order valence-corrected chi connectivity index (χ4v) is 2.76. The third-order valence-corrected chi connectivity index (χ3v) is 4.08. The van der Waals surface area contributed by atoms with Crippen LogP contribution in [0.4, 0.5) is 18.9 Å². The minimum Gasteiger partial charge on any atom is -0.494 e. The standard InChI is InChI=1S/C20H19F3N2O2/c1-2-27-16-7-3-13(4-8-16)5-10-19(26)24-15-6-9-17-14(11-15)12-18(25-17)20(21,22)23/h3-4,6-9,11-12,25H,2,5,10H2,1H3,(H,24,26). The molecule has 142 valence electrons. The summed E-state index contributed by atoms with van der Waals surface area (Å²) in [4.78, 5) is 14.5. The monoisotopic (exact) mass is 376 g/mol. The number of halogens is 3. The highest BCUT2D eigenvalue weighted by Gasteiger charge is 2.32. The Balaban J connectivity index is 1.60. The van der Waals surface area contributed by atoms with Crippen LogP contribution in [0.3, 0.4) is 0 Å². The average Bonchev–Trinajstić information content (AvgIpc) is 3.05. The normalized spacial score (nSPS) is 11.6. The van der Waals surface area contributed by atoms with Crippen molar-refractivity contribution in [2.45, 2.75) is 25.9 Å². The summed E-state index contributed by atoms with van der Waals surface area (Å²) in [5, 5.41) is 3.12. The topological polar surface area (TPSA) is 54.1 Å². The van der Waals surface area contributed by atoms with Crippen molar-refractivity contribution in [3.63, 3.8) is 0 Å². The Morgan fingerprint density at radius 2 is 1.85 bits per heavy atom. The predicted octanol–water partition coefficient (Wildman–Crippen LogP) is 5.16. The van der Waals surface area contributed by atoms with Crippen molar-refractivity contribution in [3.05, 3.63) is 59.8 Å². The highest BCUT2D eigenvalue weighted by molar-refractivity contribution is 5.94. The maximum absolute atomic E-state index is 12.8. The van der Waals surface area contributed by atoms with Gasteiger partial charge in [-0.1, -0.05) is 12.1 Å². The van der Waals surface area contributed by atoms with Gasteiger partial charge in [0, 0.05) is 23.0 Å². The number of benzene rings is 2. The molecule has 0 saturated carbocycles. The summed E-state index contributed by atoms with van der Waals surface area (Å²) >= 11 is 0. The summed E-state index contributed by atoms with van der Waals surface area (Å²) in [6, 6.07) is 13.2. The maximum atomic E-state index is 12.8. The van der Waals surface area contributed by atoms with Crippen molar-refractivity contribution in [1.82, 2.24) is 4.98 Å². The van der Waals surface area contributed by atoms with Crippen molar-refractivity contribution in [1.29, 1.82) is 0 Å². The van der Waals surface area contributed by atoms with Gasteiger partial charge in [-0.25, -0.2) is 0 Å². The van der Waals surface area contributed by atoms with E-state index in [0.29, 0.717) is 29.6 Å². The summed E-state index contributed by atoms with van der Waals surface area (Å²) < 4.78 is 43.6. The molecule has 3 rings (SSSR count). The molecule has 0 aliphatic heterocycles. The van der Waals surface area contributed by atoms with Crippen LogP contribution in [0.15, 0.2) is 48.5 Å². The maximum Gasteiger partial charge on any atom is 0.431 e. The molecule has 2 N–H and O–H groups in total. The molecule has 0 saturated heterocycles. The van der Waals surface area contributed by atoms with E-state index in [9.17, 15) is 18.0 Å². The van der Waals surface area contributed by atoms with E-state index >= 15 is 0 Å². The van der Waals surface area contributed by atoms with Crippen LogP contribution in [0.25, 0.3) is 10.9 Å². The smallest absolute Gasteiger partial charge is 0.431 e. The molecule has 0 bridgehead atoms. The Labute approximate surface area is 154 Å². The van der Waals surface area contributed by atoms with E-state index in [1.165, 1.54) is 12.1 Å². The number of fused-ring (bicyclic) bond motifs is 1. The van der Waals surface area contributed by atoms with Crippen LogP contribution in [0.5, 0.6) is 5.75 Å². The number of carbonyl (C=O) groups excluding carboxylic acids is 1. The second-order valence-electron chi connectivity index (χ2n) is 6.11. The number of H-pyrrole nitrogens is 1. The van der Waals surface area contributed by atoms with Gasteiger partial charge >= 0.3 is 6.18 Å². The van der Waals surface area contributed by atoms with E-state index in [0.717, 1.165) is 17.4 Å². The number of amides is 1. The van der Waals surface area contributed by atoms with Crippen LogP contribution >= 0.6 is 0 Å². The summed E-state index contributed by atoms with van der Waals surface area (Å²) in [5.74, 6) is 0.582. The fraction of sp³-hybridized carbons (Fsp3) is 0.250. The molecule has 27 heavy (non-hydrogen) atoms. The van der Waals surface area contributed by atoms with Crippen LogP contribution < -0.4 is 10.1 Å². The number of aromatic amines is 1. The van der Waals surface area contributed by atoms with E-state index in [2.05, 4.69) is 10.3 Å². The third-order valence-electron chi connectivity index (χ3n) is 4.08. The molecule has 2 aromatic carbocycles. The first kappa shape index (κ1) is 18.8. The van der Waals surface area contributed by atoms with Crippen LogP contribution in [0.1, 0.15) is 24.6 Å². The van der Waals surface area contributed by atoms with Gasteiger partial charge in [-0.05, 0) is 55.3 Å². The molecule has 1 heterocycles. The summed E-state index contributed by atoms with van der Waals surface area (Å²) in [5.41, 5.74) is 1.03. The molecule has 0 aliphatic rings. The molecule has 0 spiro atoms. The molecule has 0 atom stereocenters. The highest BCUT2D eigenvalue weighted by Crippen LogP contribution is 2.31. The van der Waals surface area contributed by atoms with Crippen molar-refractivity contribution >= 4 is 22.5 Å². The van der Waals surface area contributed by atoms with Gasteiger partial charge in [0.1, 0.15) is 11.4 Å². The molecule has 1 aromatic heterocycles. The van der Waals surface area contributed by atoms with E-state index in [4.69, 9.17) is 4.74 Å². The molecule has 0 unspecified atom stereocenters. The molecule has 0 aliphatic carbocycles. The van der Waals surface area contributed by atoms with Crippen molar-refractivity contribution in [2.75, 3.05) is 11.9 Å². The van der Waals surface area contributed by atoms with Crippen LogP contribution in [-0.4, -0.2) is 17.5 Å². The number of aromatic nitrogens is 1. The molecule has 3 aromatic rings. The molecule has 1 amide bonds. The zero-order chi connectivity index (χ0) is 19.4. The van der Waals surface area contributed by atoms with Gasteiger partial charge in [0.05, 0.1) is 6.61 Å². The van der Waals surface area contributed by atoms with Crippen molar-refractivity contribution in [3.8, 4) is 5.75 Å². The zero-order valence-electron chi connectivity index (χ0n) is 14.7. The van der Waals surface area contributed by atoms with Gasteiger partial charge in [0.25, 0.3) is 0 Å². The lowest BCUT2D eigenvalue weighted by molar-refractivity contribution is -0.140. The number of alkyl halides is 3. The zero-order valence-corrected chi connectivity index (χ0v) is 14.7. The number of anilines is 1. The SMILES string of the molecule is CCOc1ccc(CCC(=O)Nc2ccc3[nH]c(C(F)(F)F)cc3c2)cc1. The summed E-state index contributed by atoms with van der Waals surface area (Å²) in [6.07, 6.45) is -3.60. The molecule has 7 heteroatoms. The van der Waals surface area contributed by atoms with Crippen molar-refractivity contribution in [2.24, 2.45) is 0 Å². The van der Waals surface area contributed by atoms with E-state index < -0.39 is 11.9 Å². The first-order valence-corrected chi connectivity index (χ1v) is 8.56. The molecular weight excluding hydrogens is 357 g/mol. The first-order valence-electron chi connectivity index (χ1n) is 8.56. The number of hydrogen-bond acceptors (Lipinski definition) is 2. The number of ether oxygens (including phenoxy) is 1. The van der Waals surface area contributed by atoms with Crippen molar-refractivity contribution < 1.29 is 22.7 Å². The Morgan fingerprint density at radius 3 is 2.52 bits per heavy atom. The Hall–Kier alpha value is -2.96. The molecule has 0 fully saturated rings. The number of hydrogen-bond donors (Lipinski definition) is 2. The number of aryl methyl sites for hydroxylation is 1. The lowest BCUT2D eigenvalue weighted by Gasteiger charge is -2.07. The van der Waals surface area contributed by atoms with Gasteiger partial charge in [0.15, 0.2) is 0 Å². The lowest BCUT2D eigenvalue weighted by Crippen LogP contribution is -2.12. The Morgan fingerprint density at radius 1 is 1.11 bits per heavy atom. The summed E-state index contributed by atoms with van der Waals surface area (Å²) in [6.45, 7) is 2.50. The number of nitrogens with one attached hydrogen (secondary N) is 2. The number of rotatable bonds is 6. The van der Waals surface area contributed by atoms with Gasteiger partial charge in [-0.2, -0.15) is 13.2 Å².